The van der Waals surface area contributed by atoms with E-state index in [4.69, 9.17) is 0 Å². The first-order valence-corrected chi connectivity index (χ1v) is 4.62. The largest absolute Gasteiger partial charge is 0.411 e. The van der Waals surface area contributed by atoms with Crippen LogP contribution in [0.4, 0.5) is 13.2 Å². The van der Waals surface area contributed by atoms with Gasteiger partial charge in [0, 0.05) is 12.6 Å². The van der Waals surface area contributed by atoms with Crippen molar-refractivity contribution in [1.82, 2.24) is 10.6 Å². The normalized spacial score (nSPS) is 20.3. The number of hydrogen-bond acceptors (Lipinski definition) is 3. The lowest BCUT2D eigenvalue weighted by molar-refractivity contribution is -0.175. The highest BCUT2D eigenvalue weighted by Gasteiger charge is 2.28. The number of carbonyl (C=O) groups is 1. The third-order valence-electron chi connectivity index (χ3n) is 1.92. The Labute approximate surface area is 97.3 Å². The monoisotopic (exact) mass is 262 g/mol. The third-order valence-corrected chi connectivity index (χ3v) is 1.92. The van der Waals surface area contributed by atoms with E-state index < -0.39 is 25.3 Å². The van der Waals surface area contributed by atoms with Crippen LogP contribution in [0.3, 0.4) is 0 Å². The van der Waals surface area contributed by atoms with Crippen LogP contribution in [0.25, 0.3) is 0 Å². The Morgan fingerprint density at radius 3 is 2.69 bits per heavy atom. The molecule has 0 aromatic rings. The van der Waals surface area contributed by atoms with Crippen LogP contribution in [-0.2, 0) is 9.53 Å². The summed E-state index contributed by atoms with van der Waals surface area (Å²) in [5, 5.41) is 5.59. The second-order valence-electron chi connectivity index (χ2n) is 3.37. The Kier molecular flexibility index (Phi) is 6.70. The molecule has 1 atom stereocenters. The minimum Gasteiger partial charge on any atom is -0.362 e. The van der Waals surface area contributed by atoms with E-state index in [0.717, 1.165) is 13.0 Å². The van der Waals surface area contributed by atoms with Gasteiger partial charge >= 0.3 is 6.18 Å². The molecular formula is C8H14ClF3N2O2. The van der Waals surface area contributed by atoms with Crippen molar-refractivity contribution in [2.75, 3.05) is 26.3 Å². The summed E-state index contributed by atoms with van der Waals surface area (Å²) >= 11 is 0. The smallest absolute Gasteiger partial charge is 0.362 e. The molecule has 1 aliphatic rings. The predicted molar refractivity (Wildman–Crippen MR) is 53.5 cm³/mol. The lowest BCUT2D eigenvalue weighted by atomic mass is 10.2. The maximum absolute atomic E-state index is 11.6. The summed E-state index contributed by atoms with van der Waals surface area (Å²) in [7, 11) is 0. The van der Waals surface area contributed by atoms with Gasteiger partial charge < -0.3 is 15.4 Å². The highest BCUT2D eigenvalue weighted by Crippen LogP contribution is 2.14. The van der Waals surface area contributed by atoms with E-state index in [1.807, 2.05) is 0 Å². The van der Waals surface area contributed by atoms with Crippen LogP contribution in [0.2, 0.25) is 0 Å². The standard InChI is InChI=1S/C8H13F3N2O2.ClH/c9-8(10,11)5-15-4-7(14)13-6-1-2-12-3-6;/h6,12H,1-5H2,(H,13,14);1H. The summed E-state index contributed by atoms with van der Waals surface area (Å²) in [6.07, 6.45) is -3.58. The van der Waals surface area contributed by atoms with Gasteiger partial charge in [-0.15, -0.1) is 12.4 Å². The minimum atomic E-state index is -4.38. The fraction of sp³-hybridized carbons (Fsp3) is 0.875. The number of alkyl halides is 3. The molecule has 0 spiro atoms. The van der Waals surface area contributed by atoms with E-state index in [0.29, 0.717) is 6.54 Å². The van der Waals surface area contributed by atoms with Crippen LogP contribution in [-0.4, -0.2) is 44.4 Å². The van der Waals surface area contributed by atoms with Crippen LogP contribution >= 0.6 is 12.4 Å². The zero-order valence-electron chi connectivity index (χ0n) is 8.47. The molecule has 4 nitrogen and oxygen atoms in total. The van der Waals surface area contributed by atoms with Gasteiger partial charge in [0.1, 0.15) is 13.2 Å². The predicted octanol–water partition coefficient (Wildman–Crippen LogP) is 0.465. The van der Waals surface area contributed by atoms with Gasteiger partial charge in [-0.3, -0.25) is 4.79 Å². The van der Waals surface area contributed by atoms with Crippen LogP contribution in [0, 0.1) is 0 Å². The zero-order valence-corrected chi connectivity index (χ0v) is 9.29. The molecule has 0 aromatic carbocycles. The van der Waals surface area contributed by atoms with E-state index >= 15 is 0 Å². The van der Waals surface area contributed by atoms with E-state index in [1.165, 1.54) is 0 Å². The van der Waals surface area contributed by atoms with Crippen molar-refractivity contribution in [1.29, 1.82) is 0 Å². The lowest BCUT2D eigenvalue weighted by Crippen LogP contribution is -2.39. The molecular weight excluding hydrogens is 249 g/mol. The SMILES string of the molecule is Cl.O=C(COCC(F)(F)F)NC1CCNC1. The maximum Gasteiger partial charge on any atom is 0.411 e. The summed E-state index contributed by atoms with van der Waals surface area (Å²) in [4.78, 5) is 11.1. The second-order valence-corrected chi connectivity index (χ2v) is 3.37. The van der Waals surface area contributed by atoms with Crippen LogP contribution in [0.15, 0.2) is 0 Å². The van der Waals surface area contributed by atoms with Crippen molar-refractivity contribution in [3.8, 4) is 0 Å². The minimum absolute atomic E-state index is 0. The van der Waals surface area contributed by atoms with Gasteiger partial charge in [0.25, 0.3) is 0 Å². The van der Waals surface area contributed by atoms with Crippen molar-refractivity contribution in [2.24, 2.45) is 0 Å². The van der Waals surface area contributed by atoms with Crippen molar-refractivity contribution < 1.29 is 22.7 Å². The fourth-order valence-corrected chi connectivity index (χ4v) is 1.31. The Bertz CT molecular complexity index is 220. The van der Waals surface area contributed by atoms with Gasteiger partial charge in [0.2, 0.25) is 5.91 Å². The molecule has 8 heteroatoms. The first kappa shape index (κ1) is 15.5. The topological polar surface area (TPSA) is 50.4 Å². The lowest BCUT2D eigenvalue weighted by Gasteiger charge is -2.12. The molecule has 1 amide bonds. The summed E-state index contributed by atoms with van der Waals surface area (Å²) in [6.45, 7) is -0.460. The number of nitrogens with one attached hydrogen (secondary N) is 2. The zero-order chi connectivity index (χ0) is 11.3. The Morgan fingerprint density at radius 1 is 1.50 bits per heavy atom. The molecule has 1 aliphatic heterocycles. The Hall–Kier alpha value is -0.530. The Balaban J connectivity index is 0.00000225. The van der Waals surface area contributed by atoms with Crippen molar-refractivity contribution in [3.63, 3.8) is 0 Å². The van der Waals surface area contributed by atoms with Crippen molar-refractivity contribution >= 4 is 18.3 Å². The molecule has 0 radical (unpaired) electrons. The summed E-state index contributed by atoms with van der Waals surface area (Å²) in [5.74, 6) is -0.507. The van der Waals surface area contributed by atoms with Crippen molar-refractivity contribution in [3.05, 3.63) is 0 Å². The third kappa shape index (κ3) is 6.86. The molecule has 1 unspecified atom stereocenters. The van der Waals surface area contributed by atoms with Crippen LogP contribution < -0.4 is 10.6 Å². The number of carbonyl (C=O) groups excluding carboxylic acids is 1. The fourth-order valence-electron chi connectivity index (χ4n) is 1.31. The number of rotatable bonds is 4. The van der Waals surface area contributed by atoms with E-state index in [2.05, 4.69) is 15.4 Å². The van der Waals surface area contributed by atoms with E-state index in [1.54, 1.807) is 0 Å². The molecule has 1 heterocycles. The maximum atomic E-state index is 11.6. The number of ether oxygens (including phenoxy) is 1. The molecule has 0 bridgehead atoms. The molecule has 1 saturated heterocycles. The highest BCUT2D eigenvalue weighted by atomic mass is 35.5. The van der Waals surface area contributed by atoms with E-state index in [9.17, 15) is 18.0 Å². The molecule has 16 heavy (non-hydrogen) atoms. The van der Waals surface area contributed by atoms with E-state index in [-0.39, 0.29) is 18.4 Å². The van der Waals surface area contributed by atoms with Gasteiger partial charge in [-0.05, 0) is 13.0 Å². The first-order valence-electron chi connectivity index (χ1n) is 4.62. The van der Waals surface area contributed by atoms with Crippen LogP contribution in [0.1, 0.15) is 6.42 Å². The molecule has 1 fully saturated rings. The van der Waals surface area contributed by atoms with Gasteiger partial charge in [0.05, 0.1) is 0 Å². The molecule has 96 valence electrons. The van der Waals surface area contributed by atoms with Crippen molar-refractivity contribution in [2.45, 2.75) is 18.6 Å². The van der Waals surface area contributed by atoms with Gasteiger partial charge in [-0.25, -0.2) is 0 Å². The average Bonchev–Trinajstić information content (AvgIpc) is 2.54. The highest BCUT2D eigenvalue weighted by molar-refractivity contribution is 5.85. The average molecular weight is 263 g/mol. The quantitative estimate of drug-likeness (QED) is 0.774. The molecule has 0 aromatic heterocycles. The summed E-state index contributed by atoms with van der Waals surface area (Å²) in [5.41, 5.74) is 0. The molecule has 0 aliphatic carbocycles. The molecule has 0 saturated carbocycles. The Morgan fingerprint density at radius 2 is 2.19 bits per heavy atom. The van der Waals surface area contributed by atoms with Gasteiger partial charge in [-0.2, -0.15) is 13.2 Å². The number of halogens is 4. The number of amides is 1. The molecule has 1 rings (SSSR count). The molecule has 2 N–H and O–H groups in total. The van der Waals surface area contributed by atoms with Crippen LogP contribution in [0.5, 0.6) is 0 Å². The summed E-state index contributed by atoms with van der Waals surface area (Å²) in [6, 6.07) is 0.00647. The van der Waals surface area contributed by atoms with Gasteiger partial charge in [-0.1, -0.05) is 0 Å². The first-order chi connectivity index (χ1) is 6.97. The van der Waals surface area contributed by atoms with Gasteiger partial charge in [0.15, 0.2) is 0 Å². The second kappa shape index (κ2) is 6.93. The summed E-state index contributed by atoms with van der Waals surface area (Å²) < 4.78 is 39.1. The number of hydrogen-bond donors (Lipinski definition) is 2.